The second kappa shape index (κ2) is 4.03. The smallest absolute Gasteiger partial charge is 0.188 e. The first kappa shape index (κ1) is 10.0. The van der Waals surface area contributed by atoms with Crippen molar-refractivity contribution in [3.63, 3.8) is 0 Å². The van der Waals surface area contributed by atoms with Crippen molar-refractivity contribution in [2.24, 2.45) is 0 Å². The van der Waals surface area contributed by atoms with Crippen molar-refractivity contribution in [1.29, 1.82) is 0 Å². The number of aromatic nitrogens is 2. The minimum absolute atomic E-state index is 0.368. The molecule has 3 rings (SSSR count). The fourth-order valence-corrected chi connectivity index (χ4v) is 2.34. The molecule has 0 aliphatic rings. The molecule has 4 nitrogen and oxygen atoms in total. The molecule has 0 spiro atoms. The summed E-state index contributed by atoms with van der Waals surface area (Å²) in [5.41, 5.74) is 7.37. The quantitative estimate of drug-likeness (QED) is 0.751. The number of thiophene rings is 1. The van der Waals surface area contributed by atoms with Crippen LogP contribution in [0.15, 0.2) is 46.4 Å². The number of hydrogen-bond donors (Lipinski definition) is 1. The molecular weight excluding hydrogens is 234 g/mol. The molecule has 3 heterocycles. The SMILES string of the molecule is Nc1noc(-c2cccs2)c1-c1ccccn1. The van der Waals surface area contributed by atoms with Gasteiger partial charge in [-0.25, -0.2) is 0 Å². The number of pyridine rings is 1. The Balaban J connectivity index is 2.20. The van der Waals surface area contributed by atoms with E-state index in [4.69, 9.17) is 10.3 Å². The molecule has 2 N–H and O–H groups in total. The number of nitrogens with zero attached hydrogens (tertiary/aromatic N) is 2. The summed E-state index contributed by atoms with van der Waals surface area (Å²) in [6.45, 7) is 0. The Bertz CT molecular complexity index is 617. The third-order valence-electron chi connectivity index (χ3n) is 2.38. The maximum absolute atomic E-state index is 5.84. The van der Waals surface area contributed by atoms with E-state index in [0.717, 1.165) is 16.1 Å². The summed E-state index contributed by atoms with van der Waals surface area (Å²) >= 11 is 1.58. The van der Waals surface area contributed by atoms with E-state index in [1.165, 1.54) is 0 Å². The molecule has 0 saturated carbocycles. The average Bonchev–Trinajstić information content (AvgIpc) is 2.98. The van der Waals surface area contributed by atoms with Crippen LogP contribution in [0.25, 0.3) is 21.9 Å². The predicted molar refractivity (Wildman–Crippen MR) is 67.5 cm³/mol. The molecule has 0 aliphatic carbocycles. The van der Waals surface area contributed by atoms with Crippen molar-refractivity contribution in [3.05, 3.63) is 41.9 Å². The number of rotatable bonds is 2. The van der Waals surface area contributed by atoms with Crippen LogP contribution in [0.2, 0.25) is 0 Å². The summed E-state index contributed by atoms with van der Waals surface area (Å²) in [6.07, 6.45) is 1.72. The van der Waals surface area contributed by atoms with Crippen molar-refractivity contribution in [2.45, 2.75) is 0 Å². The van der Waals surface area contributed by atoms with E-state index in [0.29, 0.717) is 11.6 Å². The standard InChI is InChI=1S/C12H9N3OS/c13-12-10(8-4-1-2-6-14-8)11(16-15-12)9-5-3-7-17-9/h1-7H,(H2,13,15). The molecule has 0 aliphatic heterocycles. The molecule has 3 aromatic heterocycles. The highest BCUT2D eigenvalue weighted by Crippen LogP contribution is 2.37. The molecule has 0 bridgehead atoms. The van der Waals surface area contributed by atoms with Gasteiger partial charge >= 0.3 is 0 Å². The fraction of sp³-hybridized carbons (Fsp3) is 0. The van der Waals surface area contributed by atoms with Crippen LogP contribution in [-0.4, -0.2) is 10.1 Å². The predicted octanol–water partition coefficient (Wildman–Crippen LogP) is 3.05. The van der Waals surface area contributed by atoms with Gasteiger partial charge in [-0.2, -0.15) is 0 Å². The van der Waals surface area contributed by atoms with Gasteiger partial charge in [-0.1, -0.05) is 17.3 Å². The zero-order valence-corrected chi connectivity index (χ0v) is 9.65. The molecule has 17 heavy (non-hydrogen) atoms. The topological polar surface area (TPSA) is 64.9 Å². The van der Waals surface area contributed by atoms with Gasteiger partial charge in [-0.05, 0) is 23.6 Å². The Morgan fingerprint density at radius 3 is 2.82 bits per heavy atom. The van der Waals surface area contributed by atoms with Gasteiger partial charge < -0.3 is 10.3 Å². The van der Waals surface area contributed by atoms with Crippen LogP contribution in [0.5, 0.6) is 0 Å². The highest BCUT2D eigenvalue weighted by atomic mass is 32.1. The summed E-state index contributed by atoms with van der Waals surface area (Å²) < 4.78 is 5.29. The van der Waals surface area contributed by atoms with Gasteiger partial charge in [-0.3, -0.25) is 4.98 Å². The number of nitrogens with two attached hydrogens (primary N) is 1. The van der Waals surface area contributed by atoms with Crippen molar-refractivity contribution < 1.29 is 4.52 Å². The summed E-state index contributed by atoms with van der Waals surface area (Å²) in [5, 5.41) is 5.80. The first-order valence-electron chi connectivity index (χ1n) is 5.06. The van der Waals surface area contributed by atoms with Crippen molar-refractivity contribution in [1.82, 2.24) is 10.1 Å². The molecule has 0 saturated heterocycles. The van der Waals surface area contributed by atoms with Gasteiger partial charge in [0.15, 0.2) is 11.6 Å². The van der Waals surface area contributed by atoms with Crippen LogP contribution in [0.1, 0.15) is 0 Å². The molecule has 0 fully saturated rings. The van der Waals surface area contributed by atoms with E-state index in [-0.39, 0.29) is 0 Å². The van der Waals surface area contributed by atoms with E-state index in [1.54, 1.807) is 17.5 Å². The van der Waals surface area contributed by atoms with E-state index >= 15 is 0 Å². The van der Waals surface area contributed by atoms with E-state index in [2.05, 4.69) is 10.1 Å². The van der Waals surface area contributed by atoms with Gasteiger partial charge in [0.25, 0.3) is 0 Å². The van der Waals surface area contributed by atoms with Crippen LogP contribution in [0.3, 0.4) is 0 Å². The number of hydrogen-bond acceptors (Lipinski definition) is 5. The van der Waals surface area contributed by atoms with Crippen LogP contribution < -0.4 is 5.73 Å². The second-order valence-electron chi connectivity index (χ2n) is 3.46. The Labute approximate surface area is 102 Å². The summed E-state index contributed by atoms with van der Waals surface area (Å²) in [7, 11) is 0. The molecule has 0 radical (unpaired) electrons. The third-order valence-corrected chi connectivity index (χ3v) is 3.25. The molecule has 0 aromatic carbocycles. The molecule has 0 unspecified atom stereocenters. The van der Waals surface area contributed by atoms with E-state index in [9.17, 15) is 0 Å². The minimum Gasteiger partial charge on any atom is -0.380 e. The van der Waals surface area contributed by atoms with Gasteiger partial charge in [0.2, 0.25) is 0 Å². The lowest BCUT2D eigenvalue weighted by atomic mass is 10.1. The Morgan fingerprint density at radius 2 is 2.12 bits per heavy atom. The number of anilines is 1. The summed E-state index contributed by atoms with van der Waals surface area (Å²) in [6, 6.07) is 9.59. The molecule has 5 heteroatoms. The van der Waals surface area contributed by atoms with Gasteiger partial charge in [0.1, 0.15) is 0 Å². The minimum atomic E-state index is 0.368. The van der Waals surface area contributed by atoms with Gasteiger partial charge in [0.05, 0.1) is 16.1 Å². The largest absolute Gasteiger partial charge is 0.380 e. The zero-order chi connectivity index (χ0) is 11.7. The first-order valence-corrected chi connectivity index (χ1v) is 5.94. The van der Waals surface area contributed by atoms with Crippen molar-refractivity contribution >= 4 is 17.2 Å². The molecule has 3 aromatic rings. The van der Waals surface area contributed by atoms with Crippen LogP contribution in [0, 0.1) is 0 Å². The number of nitrogen functional groups attached to an aromatic ring is 1. The lowest BCUT2D eigenvalue weighted by molar-refractivity contribution is 0.437. The lowest BCUT2D eigenvalue weighted by Crippen LogP contribution is -1.90. The van der Waals surface area contributed by atoms with E-state index < -0.39 is 0 Å². The maximum atomic E-state index is 5.84. The Morgan fingerprint density at radius 1 is 1.18 bits per heavy atom. The zero-order valence-electron chi connectivity index (χ0n) is 8.83. The average molecular weight is 243 g/mol. The Hall–Kier alpha value is -2.14. The highest BCUT2D eigenvalue weighted by Gasteiger charge is 2.18. The molecular formula is C12H9N3OS. The second-order valence-corrected chi connectivity index (χ2v) is 4.41. The molecule has 0 amide bonds. The molecule has 0 atom stereocenters. The first-order chi connectivity index (χ1) is 8.36. The third kappa shape index (κ3) is 1.70. The summed E-state index contributed by atoms with van der Waals surface area (Å²) in [5.74, 6) is 1.04. The van der Waals surface area contributed by atoms with Crippen LogP contribution in [0.4, 0.5) is 5.82 Å². The van der Waals surface area contributed by atoms with Gasteiger partial charge in [-0.15, -0.1) is 11.3 Å². The van der Waals surface area contributed by atoms with Crippen LogP contribution in [-0.2, 0) is 0 Å². The molecule has 84 valence electrons. The normalized spacial score (nSPS) is 10.6. The van der Waals surface area contributed by atoms with Crippen molar-refractivity contribution in [3.8, 4) is 21.9 Å². The van der Waals surface area contributed by atoms with Crippen LogP contribution >= 0.6 is 11.3 Å². The highest BCUT2D eigenvalue weighted by molar-refractivity contribution is 7.13. The Kier molecular flexibility index (Phi) is 2.38. The lowest BCUT2D eigenvalue weighted by Gasteiger charge is -1.99. The maximum Gasteiger partial charge on any atom is 0.188 e. The van der Waals surface area contributed by atoms with Crippen molar-refractivity contribution in [2.75, 3.05) is 5.73 Å². The monoisotopic (exact) mass is 243 g/mol. The van der Waals surface area contributed by atoms with E-state index in [1.807, 2.05) is 35.7 Å². The van der Waals surface area contributed by atoms with Gasteiger partial charge in [0, 0.05) is 6.20 Å². The fourth-order valence-electron chi connectivity index (χ4n) is 1.64. The summed E-state index contributed by atoms with van der Waals surface area (Å²) in [4.78, 5) is 5.27.